The fourth-order valence-electron chi connectivity index (χ4n) is 4.21. The number of hydrogen-bond donors (Lipinski definition) is 1. The first kappa shape index (κ1) is 17.9. The standard InChI is InChI=1S/C18H28N4O3/c1-3-9-21-10-8-17(5-4-14(21)23)13-22(12-11-20(17)2)16(25)18(6-7-18)15(19)24/h3H,1,4-13H2,2H3,(H2,19,24). The molecule has 3 aliphatic rings. The molecule has 0 aromatic rings. The summed E-state index contributed by atoms with van der Waals surface area (Å²) in [4.78, 5) is 42.9. The molecule has 1 atom stereocenters. The second-order valence-corrected chi connectivity index (χ2v) is 7.70. The summed E-state index contributed by atoms with van der Waals surface area (Å²) in [5.41, 5.74) is 4.29. The molecular formula is C18H28N4O3. The van der Waals surface area contributed by atoms with E-state index in [0.29, 0.717) is 45.4 Å². The molecule has 7 nitrogen and oxygen atoms in total. The molecule has 3 rings (SSSR count). The van der Waals surface area contributed by atoms with Gasteiger partial charge in [-0.15, -0.1) is 6.58 Å². The summed E-state index contributed by atoms with van der Waals surface area (Å²) in [6.45, 7) is 6.87. The van der Waals surface area contributed by atoms with E-state index in [1.165, 1.54) is 0 Å². The number of likely N-dealkylation sites (N-methyl/N-ethyl adjacent to an activating group) is 1. The highest BCUT2D eigenvalue weighted by Crippen LogP contribution is 2.47. The molecule has 1 aliphatic carbocycles. The Morgan fingerprint density at radius 1 is 1.20 bits per heavy atom. The van der Waals surface area contributed by atoms with Crippen molar-refractivity contribution in [3.05, 3.63) is 12.7 Å². The van der Waals surface area contributed by atoms with E-state index in [2.05, 4.69) is 18.5 Å². The number of amides is 3. The van der Waals surface area contributed by atoms with Crippen LogP contribution in [0.3, 0.4) is 0 Å². The third-order valence-corrected chi connectivity index (χ3v) is 6.27. The van der Waals surface area contributed by atoms with Crippen LogP contribution in [-0.2, 0) is 14.4 Å². The van der Waals surface area contributed by atoms with Gasteiger partial charge in [-0.25, -0.2) is 0 Å². The van der Waals surface area contributed by atoms with Crippen molar-refractivity contribution in [1.82, 2.24) is 14.7 Å². The molecule has 0 aromatic heterocycles. The Kier molecular flexibility index (Phi) is 4.62. The van der Waals surface area contributed by atoms with Crippen LogP contribution in [0.5, 0.6) is 0 Å². The zero-order valence-electron chi connectivity index (χ0n) is 15.0. The zero-order chi connectivity index (χ0) is 18.2. The van der Waals surface area contributed by atoms with Gasteiger partial charge in [0.2, 0.25) is 17.7 Å². The van der Waals surface area contributed by atoms with Gasteiger partial charge in [-0.1, -0.05) is 6.08 Å². The zero-order valence-corrected chi connectivity index (χ0v) is 15.0. The molecule has 1 unspecified atom stereocenters. The molecule has 2 heterocycles. The fraction of sp³-hybridized carbons (Fsp3) is 0.722. The van der Waals surface area contributed by atoms with Crippen LogP contribution in [0, 0.1) is 5.41 Å². The summed E-state index contributed by atoms with van der Waals surface area (Å²) in [5, 5.41) is 0. The van der Waals surface area contributed by atoms with Crippen LogP contribution in [0.4, 0.5) is 0 Å². The quantitative estimate of drug-likeness (QED) is 0.571. The van der Waals surface area contributed by atoms with E-state index in [9.17, 15) is 14.4 Å². The summed E-state index contributed by atoms with van der Waals surface area (Å²) < 4.78 is 0. The van der Waals surface area contributed by atoms with Gasteiger partial charge in [0.05, 0.1) is 0 Å². The van der Waals surface area contributed by atoms with Crippen molar-refractivity contribution in [2.45, 2.75) is 37.6 Å². The molecule has 25 heavy (non-hydrogen) atoms. The van der Waals surface area contributed by atoms with Crippen molar-refractivity contribution in [1.29, 1.82) is 0 Å². The second kappa shape index (κ2) is 6.44. The highest BCUT2D eigenvalue weighted by molar-refractivity contribution is 6.07. The summed E-state index contributed by atoms with van der Waals surface area (Å²) in [7, 11) is 2.07. The predicted molar refractivity (Wildman–Crippen MR) is 93.4 cm³/mol. The number of nitrogens with two attached hydrogens (primary N) is 1. The van der Waals surface area contributed by atoms with Gasteiger partial charge in [-0.05, 0) is 32.7 Å². The van der Waals surface area contributed by atoms with Crippen LogP contribution in [0.1, 0.15) is 32.1 Å². The van der Waals surface area contributed by atoms with Gasteiger partial charge in [0, 0.05) is 44.7 Å². The van der Waals surface area contributed by atoms with E-state index in [4.69, 9.17) is 5.73 Å². The molecule has 138 valence electrons. The van der Waals surface area contributed by atoms with Gasteiger partial charge in [0.25, 0.3) is 0 Å². The van der Waals surface area contributed by atoms with E-state index >= 15 is 0 Å². The number of carbonyl (C=O) groups is 3. The molecule has 2 N–H and O–H groups in total. The lowest BCUT2D eigenvalue weighted by Crippen LogP contribution is -2.63. The van der Waals surface area contributed by atoms with Gasteiger partial charge in [-0.2, -0.15) is 0 Å². The Morgan fingerprint density at radius 3 is 2.52 bits per heavy atom. The van der Waals surface area contributed by atoms with Crippen molar-refractivity contribution in [3.63, 3.8) is 0 Å². The lowest BCUT2D eigenvalue weighted by Gasteiger charge is -2.49. The van der Waals surface area contributed by atoms with E-state index in [1.807, 2.05) is 9.80 Å². The maximum atomic E-state index is 12.9. The lowest BCUT2D eigenvalue weighted by molar-refractivity contribution is -0.147. The van der Waals surface area contributed by atoms with E-state index in [1.54, 1.807) is 6.08 Å². The Hall–Kier alpha value is -1.89. The topological polar surface area (TPSA) is 87.0 Å². The fourth-order valence-corrected chi connectivity index (χ4v) is 4.21. The third-order valence-electron chi connectivity index (χ3n) is 6.27. The molecule has 2 saturated heterocycles. The molecular weight excluding hydrogens is 320 g/mol. The Bertz CT molecular complexity index is 601. The largest absolute Gasteiger partial charge is 0.369 e. The average Bonchev–Trinajstić information content (AvgIpc) is 3.40. The Balaban J connectivity index is 1.76. The monoisotopic (exact) mass is 348 g/mol. The van der Waals surface area contributed by atoms with Gasteiger partial charge < -0.3 is 15.5 Å². The normalized spacial score (nSPS) is 29.4. The minimum Gasteiger partial charge on any atom is -0.369 e. The maximum absolute atomic E-state index is 12.9. The van der Waals surface area contributed by atoms with Crippen LogP contribution >= 0.6 is 0 Å². The lowest BCUT2D eigenvalue weighted by atomic mass is 9.85. The smallest absolute Gasteiger partial charge is 0.238 e. The van der Waals surface area contributed by atoms with E-state index in [0.717, 1.165) is 19.4 Å². The van der Waals surface area contributed by atoms with Gasteiger partial charge in [-0.3, -0.25) is 19.3 Å². The van der Waals surface area contributed by atoms with Crippen molar-refractivity contribution in [2.75, 3.05) is 39.8 Å². The van der Waals surface area contributed by atoms with Crippen LogP contribution in [0.2, 0.25) is 0 Å². The highest BCUT2D eigenvalue weighted by Gasteiger charge is 2.58. The van der Waals surface area contributed by atoms with Crippen molar-refractivity contribution in [3.8, 4) is 0 Å². The molecule has 7 heteroatoms. The predicted octanol–water partition coefficient (Wildman–Crippen LogP) is -0.0368. The van der Waals surface area contributed by atoms with Crippen LogP contribution in [-0.4, -0.2) is 77.7 Å². The van der Waals surface area contributed by atoms with E-state index < -0.39 is 11.3 Å². The number of rotatable bonds is 4. The van der Waals surface area contributed by atoms with E-state index in [-0.39, 0.29) is 17.4 Å². The van der Waals surface area contributed by atoms with Crippen LogP contribution in [0.25, 0.3) is 0 Å². The van der Waals surface area contributed by atoms with Gasteiger partial charge >= 0.3 is 0 Å². The molecule has 3 amide bonds. The summed E-state index contributed by atoms with van der Waals surface area (Å²) in [6.07, 6.45) is 4.89. The molecule has 0 aromatic carbocycles. The van der Waals surface area contributed by atoms with Gasteiger partial charge in [0.15, 0.2) is 0 Å². The minimum absolute atomic E-state index is 0.119. The number of primary amides is 1. The molecule has 1 saturated carbocycles. The first-order chi connectivity index (χ1) is 11.8. The summed E-state index contributed by atoms with van der Waals surface area (Å²) >= 11 is 0. The van der Waals surface area contributed by atoms with Crippen molar-refractivity contribution in [2.24, 2.45) is 11.1 Å². The number of carbonyl (C=O) groups excluding carboxylic acids is 3. The number of nitrogens with zero attached hydrogens (tertiary/aromatic N) is 3. The average molecular weight is 348 g/mol. The van der Waals surface area contributed by atoms with Crippen molar-refractivity contribution >= 4 is 17.7 Å². The highest BCUT2D eigenvalue weighted by atomic mass is 16.2. The number of hydrogen-bond acceptors (Lipinski definition) is 4. The molecule has 0 bridgehead atoms. The van der Waals surface area contributed by atoms with Crippen LogP contribution in [0.15, 0.2) is 12.7 Å². The summed E-state index contributed by atoms with van der Waals surface area (Å²) in [6, 6.07) is 0. The molecule has 1 spiro atoms. The number of likely N-dealkylation sites (tertiary alicyclic amines) is 1. The molecule has 2 aliphatic heterocycles. The Morgan fingerprint density at radius 2 is 1.92 bits per heavy atom. The van der Waals surface area contributed by atoms with Crippen LogP contribution < -0.4 is 5.73 Å². The maximum Gasteiger partial charge on any atom is 0.238 e. The Labute approximate surface area is 148 Å². The first-order valence-electron chi connectivity index (χ1n) is 9.04. The SMILES string of the molecule is C=CCN1CCC2(CCC1=O)CN(C(=O)C1(C(N)=O)CC1)CCN2C. The van der Waals surface area contributed by atoms with Crippen molar-refractivity contribution < 1.29 is 14.4 Å². The van der Waals surface area contributed by atoms with Gasteiger partial charge in [0.1, 0.15) is 5.41 Å². The second-order valence-electron chi connectivity index (χ2n) is 7.70. The summed E-state index contributed by atoms with van der Waals surface area (Å²) in [5.74, 6) is -0.478. The molecule has 3 fully saturated rings. The minimum atomic E-state index is -0.966. The third kappa shape index (κ3) is 3.05. The first-order valence-corrected chi connectivity index (χ1v) is 9.04. The number of piperazine rings is 1. The molecule has 0 radical (unpaired) electrons.